The minimum absolute atomic E-state index is 0. The Bertz CT molecular complexity index is 407. The van der Waals surface area contributed by atoms with Crippen molar-refractivity contribution in [2.24, 2.45) is 5.73 Å². The smallest absolute Gasteiger partial charge is 0.406 e. The standard InChI is InChI=1S/C12H14F3NO.ClH/c1-2-11(16)7-10(11)8-3-5-9(6-4-8)17-12(13,14)15;/h3-6,10H,2,7,16H2,1H3;1H/t10-,11-;/m1./s1. The highest BCUT2D eigenvalue weighted by Gasteiger charge is 2.49. The number of nitrogens with two attached hydrogens (primary N) is 1. The lowest BCUT2D eigenvalue weighted by Gasteiger charge is -2.10. The van der Waals surface area contributed by atoms with Crippen molar-refractivity contribution < 1.29 is 17.9 Å². The van der Waals surface area contributed by atoms with Crippen LogP contribution >= 0.6 is 12.4 Å². The number of hydrogen-bond acceptors (Lipinski definition) is 2. The van der Waals surface area contributed by atoms with Gasteiger partial charge in [0.25, 0.3) is 0 Å². The van der Waals surface area contributed by atoms with Gasteiger partial charge in [-0.1, -0.05) is 19.1 Å². The van der Waals surface area contributed by atoms with Crippen molar-refractivity contribution in [3.63, 3.8) is 0 Å². The molecule has 0 amide bonds. The fraction of sp³-hybridized carbons (Fsp3) is 0.500. The number of alkyl halides is 3. The Labute approximate surface area is 110 Å². The van der Waals surface area contributed by atoms with E-state index in [0.29, 0.717) is 0 Å². The van der Waals surface area contributed by atoms with E-state index in [4.69, 9.17) is 5.73 Å². The van der Waals surface area contributed by atoms with Crippen molar-refractivity contribution in [1.29, 1.82) is 0 Å². The normalized spacial score (nSPS) is 26.4. The molecular weight excluding hydrogens is 267 g/mol. The molecule has 1 aliphatic rings. The van der Waals surface area contributed by atoms with E-state index in [-0.39, 0.29) is 29.6 Å². The summed E-state index contributed by atoms with van der Waals surface area (Å²) >= 11 is 0. The van der Waals surface area contributed by atoms with Crippen LogP contribution in [-0.2, 0) is 0 Å². The summed E-state index contributed by atoms with van der Waals surface area (Å²) in [5.74, 6) is 0.0634. The maximum Gasteiger partial charge on any atom is 0.573 e. The Hall–Kier alpha value is -0.940. The molecule has 0 aliphatic heterocycles. The first-order valence-corrected chi connectivity index (χ1v) is 5.49. The van der Waals surface area contributed by atoms with E-state index in [9.17, 15) is 13.2 Å². The summed E-state index contributed by atoms with van der Waals surface area (Å²) < 4.78 is 39.6. The molecule has 1 saturated carbocycles. The van der Waals surface area contributed by atoms with Gasteiger partial charge in [0, 0.05) is 11.5 Å². The average Bonchev–Trinajstić information content (AvgIpc) is 2.91. The fourth-order valence-corrected chi connectivity index (χ4v) is 2.06. The maximum absolute atomic E-state index is 11.9. The lowest BCUT2D eigenvalue weighted by atomic mass is 10.0. The molecule has 1 aromatic carbocycles. The first-order valence-electron chi connectivity index (χ1n) is 5.49. The van der Waals surface area contributed by atoms with Gasteiger partial charge in [-0.3, -0.25) is 0 Å². The fourth-order valence-electron chi connectivity index (χ4n) is 2.06. The molecule has 18 heavy (non-hydrogen) atoms. The van der Waals surface area contributed by atoms with Gasteiger partial charge in [0.05, 0.1) is 0 Å². The molecule has 2 N–H and O–H groups in total. The third-order valence-electron chi connectivity index (χ3n) is 3.29. The van der Waals surface area contributed by atoms with E-state index in [0.717, 1.165) is 18.4 Å². The highest BCUT2D eigenvalue weighted by molar-refractivity contribution is 5.85. The molecule has 1 fully saturated rings. The van der Waals surface area contributed by atoms with Crippen LogP contribution in [0, 0.1) is 0 Å². The Balaban J connectivity index is 0.00000162. The summed E-state index contributed by atoms with van der Waals surface area (Å²) in [7, 11) is 0. The Morgan fingerprint density at radius 3 is 2.28 bits per heavy atom. The van der Waals surface area contributed by atoms with Gasteiger partial charge in [-0.2, -0.15) is 0 Å². The third-order valence-corrected chi connectivity index (χ3v) is 3.29. The molecule has 0 bridgehead atoms. The topological polar surface area (TPSA) is 35.2 Å². The van der Waals surface area contributed by atoms with Gasteiger partial charge >= 0.3 is 6.36 Å². The Morgan fingerprint density at radius 1 is 1.33 bits per heavy atom. The molecule has 0 aromatic heterocycles. The van der Waals surface area contributed by atoms with Crippen molar-refractivity contribution in [2.45, 2.75) is 37.6 Å². The summed E-state index contributed by atoms with van der Waals surface area (Å²) in [6.07, 6.45) is -2.87. The van der Waals surface area contributed by atoms with Crippen LogP contribution in [0.1, 0.15) is 31.2 Å². The predicted molar refractivity (Wildman–Crippen MR) is 64.9 cm³/mol. The molecule has 2 nitrogen and oxygen atoms in total. The second-order valence-corrected chi connectivity index (χ2v) is 4.46. The van der Waals surface area contributed by atoms with Gasteiger partial charge in [-0.05, 0) is 30.5 Å². The zero-order chi connectivity index (χ0) is 12.7. The highest BCUT2D eigenvalue weighted by Crippen LogP contribution is 2.51. The van der Waals surface area contributed by atoms with Crippen molar-refractivity contribution in [3.8, 4) is 5.75 Å². The first kappa shape index (κ1) is 15.1. The zero-order valence-corrected chi connectivity index (χ0v) is 10.6. The van der Waals surface area contributed by atoms with Gasteiger partial charge in [0.2, 0.25) is 0 Å². The van der Waals surface area contributed by atoms with Crippen LogP contribution < -0.4 is 10.5 Å². The predicted octanol–water partition coefficient (Wildman–Crippen LogP) is 3.60. The molecule has 0 saturated heterocycles. The van der Waals surface area contributed by atoms with Crippen molar-refractivity contribution in [3.05, 3.63) is 29.8 Å². The van der Waals surface area contributed by atoms with Crippen LogP contribution in [0.3, 0.4) is 0 Å². The SMILES string of the molecule is CC[C@@]1(N)C[C@@H]1c1ccc(OC(F)(F)F)cc1.Cl. The molecule has 2 atom stereocenters. The van der Waals surface area contributed by atoms with Crippen molar-refractivity contribution in [2.75, 3.05) is 0 Å². The van der Waals surface area contributed by atoms with E-state index >= 15 is 0 Å². The molecule has 0 spiro atoms. The van der Waals surface area contributed by atoms with E-state index < -0.39 is 6.36 Å². The lowest BCUT2D eigenvalue weighted by molar-refractivity contribution is -0.274. The van der Waals surface area contributed by atoms with Gasteiger partial charge < -0.3 is 10.5 Å². The molecule has 2 rings (SSSR count). The Kier molecular flexibility index (Phi) is 4.18. The molecule has 0 heterocycles. The molecule has 6 heteroatoms. The Morgan fingerprint density at radius 2 is 1.89 bits per heavy atom. The highest BCUT2D eigenvalue weighted by atomic mass is 35.5. The largest absolute Gasteiger partial charge is 0.573 e. The van der Waals surface area contributed by atoms with E-state index in [1.54, 1.807) is 12.1 Å². The number of benzene rings is 1. The first-order chi connectivity index (χ1) is 7.84. The van der Waals surface area contributed by atoms with Gasteiger partial charge in [-0.25, -0.2) is 0 Å². The number of ether oxygens (including phenoxy) is 1. The van der Waals surface area contributed by atoms with Crippen molar-refractivity contribution in [1.82, 2.24) is 0 Å². The molecule has 0 radical (unpaired) electrons. The third kappa shape index (κ3) is 3.29. The number of rotatable bonds is 3. The van der Waals surface area contributed by atoms with E-state index in [1.807, 2.05) is 6.92 Å². The summed E-state index contributed by atoms with van der Waals surface area (Å²) in [6.45, 7) is 2.02. The molecule has 0 unspecified atom stereocenters. The summed E-state index contributed by atoms with van der Waals surface area (Å²) in [6, 6.07) is 5.96. The molecule has 1 aliphatic carbocycles. The van der Waals surface area contributed by atoms with Crippen LogP contribution in [0.25, 0.3) is 0 Å². The summed E-state index contributed by atoms with van der Waals surface area (Å²) in [5.41, 5.74) is 6.85. The van der Waals surface area contributed by atoms with E-state index in [2.05, 4.69) is 4.74 Å². The minimum Gasteiger partial charge on any atom is -0.406 e. The lowest BCUT2D eigenvalue weighted by Crippen LogP contribution is -2.22. The molecular formula is C12H15ClF3NO. The number of halogens is 4. The number of hydrogen-bond donors (Lipinski definition) is 1. The maximum atomic E-state index is 11.9. The zero-order valence-electron chi connectivity index (χ0n) is 9.83. The minimum atomic E-state index is -4.64. The monoisotopic (exact) mass is 281 g/mol. The summed E-state index contributed by atoms with van der Waals surface area (Å²) in [5, 5.41) is 0. The molecule has 102 valence electrons. The molecule has 1 aromatic rings. The summed E-state index contributed by atoms with van der Waals surface area (Å²) in [4.78, 5) is 0. The van der Waals surface area contributed by atoms with Crippen LogP contribution in [0.2, 0.25) is 0 Å². The van der Waals surface area contributed by atoms with E-state index in [1.165, 1.54) is 12.1 Å². The van der Waals surface area contributed by atoms with Gasteiger partial charge in [0.1, 0.15) is 5.75 Å². The van der Waals surface area contributed by atoms with Crippen LogP contribution in [0.4, 0.5) is 13.2 Å². The van der Waals surface area contributed by atoms with Crippen LogP contribution in [-0.4, -0.2) is 11.9 Å². The second-order valence-electron chi connectivity index (χ2n) is 4.46. The quantitative estimate of drug-likeness (QED) is 0.919. The average molecular weight is 282 g/mol. The second kappa shape index (κ2) is 4.97. The van der Waals surface area contributed by atoms with Crippen LogP contribution in [0.5, 0.6) is 5.75 Å². The van der Waals surface area contributed by atoms with Crippen LogP contribution in [0.15, 0.2) is 24.3 Å². The van der Waals surface area contributed by atoms with Crippen molar-refractivity contribution >= 4 is 12.4 Å². The van der Waals surface area contributed by atoms with Gasteiger partial charge in [0.15, 0.2) is 0 Å². The van der Waals surface area contributed by atoms with Gasteiger partial charge in [-0.15, -0.1) is 25.6 Å².